The summed E-state index contributed by atoms with van der Waals surface area (Å²) in [6, 6.07) is 0. The molecule has 0 heterocycles. The smallest absolute Gasteiger partial charge is 0.248 e. The zero-order valence-corrected chi connectivity index (χ0v) is 8.45. The van der Waals surface area contributed by atoms with Gasteiger partial charge in [-0.25, -0.2) is 0 Å². The van der Waals surface area contributed by atoms with Gasteiger partial charge in [0.25, 0.3) is 0 Å². The molecule has 0 radical (unpaired) electrons. The van der Waals surface area contributed by atoms with Crippen molar-refractivity contribution in [3.63, 3.8) is 0 Å². The molecule has 0 atom stereocenters. The number of carbonyl (C=O) groups is 1. The largest absolute Gasteiger partial charge is 0.396 e. The molecule has 0 saturated heterocycles. The van der Waals surface area contributed by atoms with E-state index in [4.69, 9.17) is 9.84 Å². The van der Waals surface area contributed by atoms with Crippen molar-refractivity contribution < 1.29 is 14.6 Å². The number of nitrogens with zero attached hydrogens (tertiary/aromatic N) is 1. The summed E-state index contributed by atoms with van der Waals surface area (Å²) in [4.78, 5) is 13.0. The molecule has 0 rings (SSSR count). The van der Waals surface area contributed by atoms with Gasteiger partial charge in [0, 0.05) is 26.3 Å². The lowest BCUT2D eigenvalue weighted by Crippen LogP contribution is -2.35. The summed E-state index contributed by atoms with van der Waals surface area (Å²) in [6.07, 6.45) is 0.631. The van der Waals surface area contributed by atoms with Crippen LogP contribution < -0.4 is 0 Å². The van der Waals surface area contributed by atoms with E-state index in [9.17, 15) is 4.79 Å². The lowest BCUT2D eigenvalue weighted by atomic mass is 10.4. The van der Waals surface area contributed by atoms with E-state index >= 15 is 0 Å². The molecule has 13 heavy (non-hydrogen) atoms. The van der Waals surface area contributed by atoms with E-state index in [1.54, 1.807) is 4.90 Å². The monoisotopic (exact) mass is 189 g/mol. The Bertz CT molecular complexity index is 139. The predicted molar refractivity (Wildman–Crippen MR) is 50.4 cm³/mol. The number of hydrogen-bond acceptors (Lipinski definition) is 3. The average molecular weight is 189 g/mol. The van der Waals surface area contributed by atoms with Gasteiger partial charge in [-0.2, -0.15) is 0 Å². The van der Waals surface area contributed by atoms with Crippen molar-refractivity contribution >= 4 is 5.91 Å². The van der Waals surface area contributed by atoms with Crippen LogP contribution in [0.15, 0.2) is 0 Å². The van der Waals surface area contributed by atoms with Gasteiger partial charge in [-0.1, -0.05) is 0 Å². The van der Waals surface area contributed by atoms with Crippen LogP contribution in [0.2, 0.25) is 0 Å². The molecule has 0 aromatic rings. The van der Waals surface area contributed by atoms with Gasteiger partial charge in [0.1, 0.15) is 6.61 Å². The van der Waals surface area contributed by atoms with E-state index in [0.717, 1.165) is 0 Å². The van der Waals surface area contributed by atoms with Crippen molar-refractivity contribution in [2.45, 2.75) is 20.3 Å². The summed E-state index contributed by atoms with van der Waals surface area (Å²) < 4.78 is 5.00. The van der Waals surface area contributed by atoms with Crippen LogP contribution >= 0.6 is 0 Å². The van der Waals surface area contributed by atoms with Crippen LogP contribution in [-0.4, -0.2) is 48.8 Å². The van der Waals surface area contributed by atoms with Gasteiger partial charge in [0.15, 0.2) is 0 Å². The third kappa shape index (κ3) is 5.60. The molecule has 78 valence electrons. The normalized spacial score (nSPS) is 10.1. The third-order valence-corrected chi connectivity index (χ3v) is 1.75. The fourth-order valence-corrected chi connectivity index (χ4v) is 1.00. The molecule has 0 aromatic heterocycles. The van der Waals surface area contributed by atoms with E-state index in [-0.39, 0.29) is 19.1 Å². The zero-order valence-electron chi connectivity index (χ0n) is 8.45. The lowest BCUT2D eigenvalue weighted by Gasteiger charge is -2.19. The van der Waals surface area contributed by atoms with Crippen molar-refractivity contribution in [1.29, 1.82) is 0 Å². The Hall–Kier alpha value is -0.610. The molecule has 0 unspecified atom stereocenters. The van der Waals surface area contributed by atoms with Crippen LogP contribution in [0.4, 0.5) is 0 Å². The van der Waals surface area contributed by atoms with Gasteiger partial charge < -0.3 is 14.7 Å². The Morgan fingerprint density at radius 3 is 2.62 bits per heavy atom. The molecule has 4 nitrogen and oxygen atoms in total. The summed E-state index contributed by atoms with van der Waals surface area (Å²) in [6.45, 7) is 5.89. The van der Waals surface area contributed by atoms with Crippen molar-refractivity contribution in [3.8, 4) is 0 Å². The molecule has 0 fully saturated rings. The Balaban J connectivity index is 3.71. The van der Waals surface area contributed by atoms with E-state index in [2.05, 4.69) is 0 Å². The van der Waals surface area contributed by atoms with Gasteiger partial charge in [0.2, 0.25) is 5.91 Å². The maximum Gasteiger partial charge on any atom is 0.248 e. The molecule has 0 saturated carbocycles. The maximum atomic E-state index is 11.4. The van der Waals surface area contributed by atoms with Crippen LogP contribution in [0.3, 0.4) is 0 Å². The number of rotatable bonds is 7. The Kier molecular flexibility index (Phi) is 7.63. The second-order valence-corrected chi connectivity index (χ2v) is 2.69. The van der Waals surface area contributed by atoms with Gasteiger partial charge in [-0.05, 0) is 20.3 Å². The van der Waals surface area contributed by atoms with Gasteiger partial charge in [-0.3, -0.25) is 4.79 Å². The number of aliphatic hydroxyl groups excluding tert-OH is 1. The van der Waals surface area contributed by atoms with Crippen LogP contribution in [-0.2, 0) is 9.53 Å². The van der Waals surface area contributed by atoms with E-state index in [0.29, 0.717) is 26.1 Å². The second kappa shape index (κ2) is 8.01. The lowest BCUT2D eigenvalue weighted by molar-refractivity contribution is -0.135. The Morgan fingerprint density at radius 2 is 2.15 bits per heavy atom. The molecule has 1 amide bonds. The average Bonchev–Trinajstić information content (AvgIpc) is 2.16. The third-order valence-electron chi connectivity index (χ3n) is 1.75. The fraction of sp³-hybridized carbons (Fsp3) is 0.889. The molecule has 0 aliphatic rings. The van der Waals surface area contributed by atoms with Crippen molar-refractivity contribution in [2.24, 2.45) is 0 Å². The maximum absolute atomic E-state index is 11.4. The first-order valence-electron chi connectivity index (χ1n) is 4.72. The first-order valence-corrected chi connectivity index (χ1v) is 4.72. The first kappa shape index (κ1) is 12.4. The minimum atomic E-state index is -0.00204. The van der Waals surface area contributed by atoms with Crippen LogP contribution in [0, 0.1) is 0 Å². The van der Waals surface area contributed by atoms with E-state index < -0.39 is 0 Å². The highest BCUT2D eigenvalue weighted by molar-refractivity contribution is 5.77. The fourth-order valence-electron chi connectivity index (χ4n) is 1.00. The van der Waals surface area contributed by atoms with Gasteiger partial charge >= 0.3 is 0 Å². The quantitative estimate of drug-likeness (QED) is 0.624. The highest BCUT2D eigenvalue weighted by Gasteiger charge is 2.09. The molecule has 1 N–H and O–H groups in total. The molecular formula is C9H19NO3. The van der Waals surface area contributed by atoms with E-state index in [1.807, 2.05) is 13.8 Å². The molecule has 0 aliphatic heterocycles. The summed E-state index contributed by atoms with van der Waals surface area (Å²) in [5.41, 5.74) is 0. The first-order chi connectivity index (χ1) is 6.26. The Morgan fingerprint density at radius 1 is 1.46 bits per heavy atom. The minimum absolute atomic E-state index is 0.00204. The summed E-state index contributed by atoms with van der Waals surface area (Å²) in [5.74, 6) is -0.00204. The van der Waals surface area contributed by atoms with Crippen LogP contribution in [0.1, 0.15) is 20.3 Å². The molecule has 0 bridgehead atoms. The number of likely N-dealkylation sites (N-methyl/N-ethyl adjacent to an activating group) is 1. The standard InChI is InChI=1S/C9H19NO3/c1-3-10(6-5-7-11)9(12)8-13-4-2/h11H,3-8H2,1-2H3. The predicted octanol–water partition coefficient (Wildman–Crippen LogP) is 0.254. The highest BCUT2D eigenvalue weighted by atomic mass is 16.5. The number of aliphatic hydroxyl groups is 1. The van der Waals surface area contributed by atoms with Crippen molar-refractivity contribution in [1.82, 2.24) is 4.90 Å². The second-order valence-electron chi connectivity index (χ2n) is 2.69. The van der Waals surface area contributed by atoms with Gasteiger partial charge in [-0.15, -0.1) is 0 Å². The SMILES string of the molecule is CCOCC(=O)N(CC)CCCO. The molecule has 4 heteroatoms. The minimum Gasteiger partial charge on any atom is -0.396 e. The summed E-state index contributed by atoms with van der Waals surface area (Å²) in [7, 11) is 0. The Labute approximate surface area is 79.5 Å². The molecule has 0 spiro atoms. The van der Waals surface area contributed by atoms with Crippen molar-refractivity contribution in [3.05, 3.63) is 0 Å². The number of ether oxygens (including phenoxy) is 1. The summed E-state index contributed by atoms with van der Waals surface area (Å²) >= 11 is 0. The van der Waals surface area contributed by atoms with Gasteiger partial charge in [0.05, 0.1) is 0 Å². The zero-order chi connectivity index (χ0) is 10.1. The molecular weight excluding hydrogens is 170 g/mol. The number of hydrogen-bond donors (Lipinski definition) is 1. The highest BCUT2D eigenvalue weighted by Crippen LogP contribution is 1.93. The topological polar surface area (TPSA) is 49.8 Å². The number of carbonyl (C=O) groups excluding carboxylic acids is 1. The van der Waals surface area contributed by atoms with E-state index in [1.165, 1.54) is 0 Å². The van der Waals surface area contributed by atoms with Crippen molar-refractivity contribution in [2.75, 3.05) is 32.9 Å². The molecule has 0 aromatic carbocycles. The number of amides is 1. The van der Waals surface area contributed by atoms with Crippen LogP contribution in [0.5, 0.6) is 0 Å². The van der Waals surface area contributed by atoms with Crippen LogP contribution in [0.25, 0.3) is 0 Å². The summed E-state index contributed by atoms with van der Waals surface area (Å²) in [5, 5.41) is 8.60. The molecule has 0 aliphatic carbocycles.